The summed E-state index contributed by atoms with van der Waals surface area (Å²) in [4.78, 5) is 25.7. The van der Waals surface area contributed by atoms with E-state index in [0.29, 0.717) is 18.8 Å². The molecule has 2 aromatic carbocycles. The van der Waals surface area contributed by atoms with E-state index in [2.05, 4.69) is 4.72 Å². The third-order valence-electron chi connectivity index (χ3n) is 4.44. The average molecular weight is 435 g/mol. The molecule has 0 fully saturated rings. The Hall–Kier alpha value is -3.07. The van der Waals surface area contributed by atoms with Crippen molar-refractivity contribution in [3.8, 4) is 5.75 Å². The van der Waals surface area contributed by atoms with Gasteiger partial charge in [-0.3, -0.25) is 9.52 Å². The molecule has 0 aromatic heterocycles. The highest BCUT2D eigenvalue weighted by Gasteiger charge is 2.23. The van der Waals surface area contributed by atoms with Crippen molar-refractivity contribution < 1.29 is 27.5 Å². The summed E-state index contributed by atoms with van der Waals surface area (Å²) in [7, 11) is -2.70. The van der Waals surface area contributed by atoms with Gasteiger partial charge in [-0.15, -0.1) is 0 Å². The molecule has 0 aliphatic rings. The maximum atomic E-state index is 12.9. The standard InChI is InChI=1S/C21H26N2O6S/c1-5-23(6-2)20(24)14-29-21(25)16-9-12-18(28-4)19(13-16)30(26,27)22-17-10-7-15(3)8-11-17/h7-13,22H,5-6,14H2,1-4H3. The highest BCUT2D eigenvalue weighted by atomic mass is 32.2. The van der Waals surface area contributed by atoms with Crippen molar-refractivity contribution in [1.29, 1.82) is 0 Å². The maximum Gasteiger partial charge on any atom is 0.338 e. The SMILES string of the molecule is CCN(CC)C(=O)COC(=O)c1ccc(OC)c(S(=O)(=O)Nc2ccc(C)cc2)c1. The van der Waals surface area contributed by atoms with Crippen molar-refractivity contribution in [2.24, 2.45) is 0 Å². The number of carbonyl (C=O) groups is 2. The van der Waals surface area contributed by atoms with E-state index in [4.69, 9.17) is 9.47 Å². The minimum Gasteiger partial charge on any atom is -0.495 e. The van der Waals surface area contributed by atoms with Gasteiger partial charge in [0.25, 0.3) is 15.9 Å². The molecule has 0 aliphatic heterocycles. The molecule has 2 rings (SSSR count). The summed E-state index contributed by atoms with van der Waals surface area (Å²) in [5.74, 6) is -1.05. The number of amides is 1. The summed E-state index contributed by atoms with van der Waals surface area (Å²) in [6.45, 7) is 6.12. The summed E-state index contributed by atoms with van der Waals surface area (Å²) in [5.41, 5.74) is 1.35. The van der Waals surface area contributed by atoms with Gasteiger partial charge in [-0.25, -0.2) is 13.2 Å². The molecule has 1 amide bonds. The monoisotopic (exact) mass is 434 g/mol. The number of methoxy groups -OCH3 is 1. The molecule has 0 unspecified atom stereocenters. The highest BCUT2D eigenvalue weighted by molar-refractivity contribution is 7.92. The smallest absolute Gasteiger partial charge is 0.338 e. The first-order valence-corrected chi connectivity index (χ1v) is 10.9. The molecule has 0 aliphatic carbocycles. The van der Waals surface area contributed by atoms with E-state index in [-0.39, 0.29) is 22.1 Å². The fourth-order valence-corrected chi connectivity index (χ4v) is 3.98. The predicted octanol–water partition coefficient (Wildman–Crippen LogP) is 2.83. The van der Waals surface area contributed by atoms with Crippen LogP contribution in [0.4, 0.5) is 5.69 Å². The number of anilines is 1. The van der Waals surface area contributed by atoms with Crippen molar-refractivity contribution in [3.05, 3.63) is 53.6 Å². The van der Waals surface area contributed by atoms with Crippen LogP contribution in [0.3, 0.4) is 0 Å². The number of hydrogen-bond acceptors (Lipinski definition) is 6. The number of ether oxygens (including phenoxy) is 2. The molecule has 2 aromatic rings. The van der Waals surface area contributed by atoms with Crippen molar-refractivity contribution in [1.82, 2.24) is 4.90 Å². The van der Waals surface area contributed by atoms with E-state index in [1.807, 2.05) is 20.8 Å². The number of hydrogen-bond donors (Lipinski definition) is 1. The summed E-state index contributed by atoms with van der Waals surface area (Å²) in [5, 5.41) is 0. The molecule has 9 heteroatoms. The Morgan fingerprint density at radius 3 is 2.23 bits per heavy atom. The van der Waals surface area contributed by atoms with Crippen LogP contribution in [0, 0.1) is 6.92 Å². The Labute approximate surface area is 176 Å². The lowest BCUT2D eigenvalue weighted by atomic mass is 10.2. The minimum absolute atomic E-state index is 0.00701. The predicted molar refractivity (Wildman–Crippen MR) is 113 cm³/mol. The molecule has 0 heterocycles. The average Bonchev–Trinajstić information content (AvgIpc) is 2.73. The molecule has 8 nitrogen and oxygen atoms in total. The lowest BCUT2D eigenvalue weighted by Crippen LogP contribution is -2.34. The third-order valence-corrected chi connectivity index (χ3v) is 5.84. The molecule has 162 valence electrons. The largest absolute Gasteiger partial charge is 0.495 e. The Balaban J connectivity index is 2.24. The van der Waals surface area contributed by atoms with Gasteiger partial charge in [-0.05, 0) is 51.1 Å². The van der Waals surface area contributed by atoms with Gasteiger partial charge in [0.2, 0.25) is 0 Å². The van der Waals surface area contributed by atoms with Gasteiger partial charge in [0, 0.05) is 18.8 Å². The summed E-state index contributed by atoms with van der Waals surface area (Å²) < 4.78 is 38.4. The van der Waals surface area contributed by atoms with Gasteiger partial charge >= 0.3 is 5.97 Å². The van der Waals surface area contributed by atoms with Crippen LogP contribution in [0.25, 0.3) is 0 Å². The Bertz CT molecular complexity index is 999. The molecular formula is C21H26N2O6S. The van der Waals surface area contributed by atoms with Crippen LogP contribution >= 0.6 is 0 Å². The highest BCUT2D eigenvalue weighted by Crippen LogP contribution is 2.27. The van der Waals surface area contributed by atoms with E-state index < -0.39 is 22.6 Å². The molecular weight excluding hydrogens is 408 g/mol. The number of likely N-dealkylation sites (N-methyl/N-ethyl adjacent to an activating group) is 1. The van der Waals surface area contributed by atoms with E-state index in [0.717, 1.165) is 5.56 Å². The summed E-state index contributed by atoms with van der Waals surface area (Å²) in [6, 6.07) is 10.7. The van der Waals surface area contributed by atoms with Crippen molar-refractivity contribution in [3.63, 3.8) is 0 Å². The van der Waals surface area contributed by atoms with Crippen LogP contribution < -0.4 is 9.46 Å². The molecule has 0 atom stereocenters. The zero-order chi connectivity index (χ0) is 22.3. The lowest BCUT2D eigenvalue weighted by molar-refractivity contribution is -0.134. The van der Waals surface area contributed by atoms with Crippen LogP contribution in [0.15, 0.2) is 47.4 Å². The van der Waals surface area contributed by atoms with E-state index >= 15 is 0 Å². The Morgan fingerprint density at radius 1 is 1.03 bits per heavy atom. The van der Waals surface area contributed by atoms with E-state index in [1.54, 1.807) is 24.3 Å². The molecule has 0 spiro atoms. The number of aryl methyl sites for hydroxylation is 1. The topological polar surface area (TPSA) is 102 Å². The van der Waals surface area contributed by atoms with Crippen LogP contribution in [0.1, 0.15) is 29.8 Å². The van der Waals surface area contributed by atoms with Gasteiger partial charge in [-0.1, -0.05) is 17.7 Å². The number of benzene rings is 2. The van der Waals surface area contributed by atoms with Gasteiger partial charge in [0.1, 0.15) is 10.6 Å². The number of nitrogens with zero attached hydrogens (tertiary/aromatic N) is 1. The fraction of sp³-hybridized carbons (Fsp3) is 0.333. The first kappa shape index (κ1) is 23.2. The number of rotatable bonds is 9. The van der Waals surface area contributed by atoms with Crippen LogP contribution in [-0.4, -0.2) is 52.0 Å². The molecule has 0 radical (unpaired) electrons. The van der Waals surface area contributed by atoms with Gasteiger partial charge in [0.05, 0.1) is 12.7 Å². The maximum absolute atomic E-state index is 12.9. The second-order valence-electron chi connectivity index (χ2n) is 6.48. The van der Waals surface area contributed by atoms with Gasteiger partial charge in [0.15, 0.2) is 6.61 Å². The first-order valence-electron chi connectivity index (χ1n) is 9.44. The molecule has 0 saturated heterocycles. The quantitative estimate of drug-likeness (QED) is 0.609. The first-order chi connectivity index (χ1) is 14.2. The van der Waals surface area contributed by atoms with Crippen molar-refractivity contribution in [2.75, 3.05) is 31.5 Å². The normalized spacial score (nSPS) is 10.9. The third kappa shape index (κ3) is 5.73. The van der Waals surface area contributed by atoms with E-state index in [1.165, 1.54) is 30.2 Å². The Kier molecular flexibility index (Phi) is 7.82. The number of esters is 1. The molecule has 0 bridgehead atoms. The van der Waals surface area contributed by atoms with Crippen molar-refractivity contribution >= 4 is 27.6 Å². The van der Waals surface area contributed by atoms with Crippen LogP contribution in [0.2, 0.25) is 0 Å². The number of sulfonamides is 1. The zero-order valence-corrected chi connectivity index (χ0v) is 18.3. The van der Waals surface area contributed by atoms with E-state index in [9.17, 15) is 18.0 Å². The number of nitrogens with one attached hydrogen (secondary N) is 1. The molecule has 1 N–H and O–H groups in total. The molecule has 30 heavy (non-hydrogen) atoms. The Morgan fingerprint density at radius 2 is 1.67 bits per heavy atom. The van der Waals surface area contributed by atoms with Gasteiger partial charge < -0.3 is 14.4 Å². The minimum atomic E-state index is -4.04. The van der Waals surface area contributed by atoms with Crippen molar-refractivity contribution in [2.45, 2.75) is 25.7 Å². The second-order valence-corrected chi connectivity index (χ2v) is 8.13. The van der Waals surface area contributed by atoms with Crippen LogP contribution in [0.5, 0.6) is 5.75 Å². The van der Waals surface area contributed by atoms with Crippen LogP contribution in [-0.2, 0) is 19.6 Å². The number of carbonyl (C=O) groups excluding carboxylic acids is 2. The summed E-state index contributed by atoms with van der Waals surface area (Å²) >= 11 is 0. The summed E-state index contributed by atoms with van der Waals surface area (Å²) in [6.07, 6.45) is 0. The second kappa shape index (κ2) is 10.1. The molecule has 0 saturated carbocycles. The fourth-order valence-electron chi connectivity index (χ4n) is 2.72. The lowest BCUT2D eigenvalue weighted by Gasteiger charge is -2.18. The zero-order valence-electron chi connectivity index (χ0n) is 17.5. The van der Waals surface area contributed by atoms with Gasteiger partial charge in [-0.2, -0.15) is 0 Å².